The van der Waals surface area contributed by atoms with Crippen LogP contribution in [0.1, 0.15) is 5.69 Å². The van der Waals surface area contributed by atoms with Gasteiger partial charge in [0.05, 0.1) is 18.0 Å². The molecule has 4 aromatic rings. The molecule has 2 aromatic carbocycles. The van der Waals surface area contributed by atoms with Gasteiger partial charge < -0.3 is 19.4 Å². The van der Waals surface area contributed by atoms with Gasteiger partial charge in [0.1, 0.15) is 11.5 Å². The van der Waals surface area contributed by atoms with Crippen LogP contribution in [-0.4, -0.2) is 22.1 Å². The molecule has 2 N–H and O–H groups in total. The van der Waals surface area contributed by atoms with Crippen molar-refractivity contribution in [1.29, 1.82) is 0 Å². The van der Waals surface area contributed by atoms with E-state index in [1.807, 2.05) is 31.2 Å². The van der Waals surface area contributed by atoms with Crippen LogP contribution in [-0.2, 0) is 0 Å². The first-order valence-electron chi connectivity index (χ1n) is 7.48. The molecule has 24 heavy (non-hydrogen) atoms. The smallest absolute Gasteiger partial charge is 0.348 e. The van der Waals surface area contributed by atoms with Crippen LogP contribution in [0.25, 0.3) is 21.8 Å². The topological polar surface area (TPSA) is 80.0 Å². The molecule has 0 unspecified atom stereocenters. The van der Waals surface area contributed by atoms with Gasteiger partial charge in [-0.05, 0) is 49.4 Å². The second kappa shape index (κ2) is 5.42. The number of H-pyrrole nitrogens is 2. The fourth-order valence-electron chi connectivity index (χ4n) is 2.74. The number of hydrogen-bond donors (Lipinski definition) is 2. The maximum atomic E-state index is 11.8. The molecule has 0 saturated carbocycles. The number of nitrogens with one attached hydrogen (secondary N) is 2. The predicted octanol–water partition coefficient (Wildman–Crippen LogP) is 3.51. The lowest BCUT2D eigenvalue weighted by atomic mass is 10.2. The summed E-state index contributed by atoms with van der Waals surface area (Å²) in [6.07, 6.45) is 0. The van der Waals surface area contributed by atoms with E-state index in [9.17, 15) is 4.79 Å². The predicted molar refractivity (Wildman–Crippen MR) is 92.0 cm³/mol. The summed E-state index contributed by atoms with van der Waals surface area (Å²) in [5, 5.41) is 1.72. The van der Waals surface area contributed by atoms with E-state index in [2.05, 4.69) is 15.0 Å². The second-order valence-corrected chi connectivity index (χ2v) is 5.56. The van der Waals surface area contributed by atoms with Crippen molar-refractivity contribution in [2.45, 2.75) is 6.92 Å². The van der Waals surface area contributed by atoms with Crippen LogP contribution in [0.5, 0.6) is 17.4 Å². The second-order valence-electron chi connectivity index (χ2n) is 5.56. The van der Waals surface area contributed by atoms with Gasteiger partial charge in [0.2, 0.25) is 5.88 Å². The minimum absolute atomic E-state index is 0.249. The van der Waals surface area contributed by atoms with Crippen molar-refractivity contribution >= 4 is 21.8 Å². The Morgan fingerprint density at radius 1 is 0.958 bits per heavy atom. The van der Waals surface area contributed by atoms with Crippen molar-refractivity contribution in [3.05, 3.63) is 58.6 Å². The number of aromatic nitrogens is 3. The van der Waals surface area contributed by atoms with E-state index in [0.29, 0.717) is 22.4 Å². The van der Waals surface area contributed by atoms with Gasteiger partial charge in [-0.1, -0.05) is 0 Å². The van der Waals surface area contributed by atoms with Crippen LogP contribution < -0.4 is 15.2 Å². The minimum Gasteiger partial charge on any atom is -0.497 e. The molecular formula is C18H15N3O3. The Hall–Kier alpha value is -3.28. The average molecular weight is 321 g/mol. The SMILES string of the molecule is COc1ccc2[nH]c(=O)nc(Oc3ccc4[nH]c(C)cc4c3)c2c1. The maximum Gasteiger partial charge on any atom is 0.348 e. The lowest BCUT2D eigenvalue weighted by Gasteiger charge is -2.08. The number of fused-ring (bicyclic) bond motifs is 2. The minimum atomic E-state index is -0.457. The molecule has 4 rings (SSSR count). The van der Waals surface area contributed by atoms with Crippen LogP contribution in [0.4, 0.5) is 0 Å². The third kappa shape index (κ3) is 2.48. The van der Waals surface area contributed by atoms with Crippen LogP contribution >= 0.6 is 0 Å². The Bertz CT molecular complexity index is 1110. The number of hydrogen-bond acceptors (Lipinski definition) is 4. The van der Waals surface area contributed by atoms with E-state index in [4.69, 9.17) is 9.47 Å². The summed E-state index contributed by atoms with van der Waals surface area (Å²) in [5.41, 5.74) is 2.29. The first-order chi connectivity index (χ1) is 11.6. The number of aromatic amines is 2. The van der Waals surface area contributed by atoms with Crippen molar-refractivity contribution in [2.24, 2.45) is 0 Å². The van der Waals surface area contributed by atoms with Crippen molar-refractivity contribution in [3.63, 3.8) is 0 Å². The normalized spacial score (nSPS) is 11.1. The highest BCUT2D eigenvalue weighted by molar-refractivity contribution is 5.85. The zero-order valence-electron chi connectivity index (χ0n) is 13.2. The molecule has 0 saturated heterocycles. The van der Waals surface area contributed by atoms with Gasteiger partial charge in [0.15, 0.2) is 0 Å². The molecule has 2 heterocycles. The molecule has 0 aliphatic heterocycles. The van der Waals surface area contributed by atoms with E-state index in [1.54, 1.807) is 25.3 Å². The third-order valence-corrected chi connectivity index (χ3v) is 3.84. The molecule has 0 aliphatic rings. The summed E-state index contributed by atoms with van der Waals surface area (Å²) in [6.45, 7) is 2.00. The molecule has 2 aromatic heterocycles. The monoisotopic (exact) mass is 321 g/mol. The van der Waals surface area contributed by atoms with Gasteiger partial charge in [-0.2, -0.15) is 4.98 Å². The molecule has 0 amide bonds. The fraction of sp³-hybridized carbons (Fsp3) is 0.111. The fourth-order valence-corrected chi connectivity index (χ4v) is 2.74. The van der Waals surface area contributed by atoms with Gasteiger partial charge >= 0.3 is 5.69 Å². The largest absolute Gasteiger partial charge is 0.497 e. The third-order valence-electron chi connectivity index (χ3n) is 3.84. The number of nitrogens with zero attached hydrogens (tertiary/aromatic N) is 1. The Morgan fingerprint density at radius 2 is 1.75 bits per heavy atom. The van der Waals surface area contributed by atoms with E-state index in [1.165, 1.54) is 0 Å². The number of methoxy groups -OCH3 is 1. The summed E-state index contributed by atoms with van der Waals surface area (Å²) in [7, 11) is 1.59. The van der Waals surface area contributed by atoms with Crippen molar-refractivity contribution in [2.75, 3.05) is 7.11 Å². The number of benzene rings is 2. The van der Waals surface area contributed by atoms with E-state index in [-0.39, 0.29) is 5.88 Å². The quantitative estimate of drug-likeness (QED) is 0.605. The highest BCUT2D eigenvalue weighted by Crippen LogP contribution is 2.30. The Morgan fingerprint density at radius 3 is 2.58 bits per heavy atom. The molecule has 6 heteroatoms. The zero-order valence-corrected chi connectivity index (χ0v) is 13.2. The molecular weight excluding hydrogens is 306 g/mol. The Kier molecular flexibility index (Phi) is 3.23. The van der Waals surface area contributed by atoms with Gasteiger partial charge in [0, 0.05) is 16.6 Å². The molecule has 0 fully saturated rings. The lowest BCUT2D eigenvalue weighted by molar-refractivity contribution is 0.415. The lowest BCUT2D eigenvalue weighted by Crippen LogP contribution is -2.11. The van der Waals surface area contributed by atoms with Gasteiger partial charge in [-0.15, -0.1) is 0 Å². The molecule has 0 spiro atoms. The number of aryl methyl sites for hydroxylation is 1. The van der Waals surface area contributed by atoms with Gasteiger partial charge in [-0.25, -0.2) is 4.79 Å². The summed E-state index contributed by atoms with van der Waals surface area (Å²) in [6, 6.07) is 13.1. The van der Waals surface area contributed by atoms with Crippen LogP contribution in [0.2, 0.25) is 0 Å². The molecule has 120 valence electrons. The molecule has 0 radical (unpaired) electrons. The Balaban J connectivity index is 1.83. The van der Waals surface area contributed by atoms with Crippen molar-refractivity contribution in [3.8, 4) is 17.4 Å². The van der Waals surface area contributed by atoms with E-state index < -0.39 is 5.69 Å². The first-order valence-corrected chi connectivity index (χ1v) is 7.48. The zero-order chi connectivity index (χ0) is 16.7. The molecule has 0 bridgehead atoms. The van der Waals surface area contributed by atoms with Crippen LogP contribution in [0.15, 0.2) is 47.3 Å². The maximum absolute atomic E-state index is 11.8. The number of rotatable bonds is 3. The van der Waals surface area contributed by atoms with Crippen LogP contribution in [0, 0.1) is 6.92 Å². The summed E-state index contributed by atoms with van der Waals surface area (Å²) in [5.74, 6) is 1.53. The summed E-state index contributed by atoms with van der Waals surface area (Å²) in [4.78, 5) is 21.7. The summed E-state index contributed by atoms with van der Waals surface area (Å²) >= 11 is 0. The summed E-state index contributed by atoms with van der Waals surface area (Å²) < 4.78 is 11.1. The van der Waals surface area contributed by atoms with E-state index in [0.717, 1.165) is 16.6 Å². The molecule has 0 atom stereocenters. The van der Waals surface area contributed by atoms with Crippen molar-refractivity contribution < 1.29 is 9.47 Å². The molecule has 0 aliphatic carbocycles. The first kappa shape index (κ1) is 14.3. The average Bonchev–Trinajstić information content (AvgIpc) is 2.93. The highest BCUT2D eigenvalue weighted by Gasteiger charge is 2.10. The van der Waals surface area contributed by atoms with Gasteiger partial charge in [0.25, 0.3) is 0 Å². The number of ether oxygens (including phenoxy) is 2. The van der Waals surface area contributed by atoms with Crippen molar-refractivity contribution in [1.82, 2.24) is 15.0 Å². The standard InChI is InChI=1S/C18H15N3O3/c1-10-7-11-8-13(4-5-15(11)19-10)24-17-14-9-12(23-2)3-6-16(14)20-18(22)21-17/h3-9,19H,1-2H3,(H,20,21,22). The van der Waals surface area contributed by atoms with Crippen LogP contribution in [0.3, 0.4) is 0 Å². The van der Waals surface area contributed by atoms with Gasteiger partial charge in [-0.3, -0.25) is 0 Å². The Labute approximate surface area is 137 Å². The highest BCUT2D eigenvalue weighted by atomic mass is 16.5. The molecule has 6 nitrogen and oxygen atoms in total. The van der Waals surface area contributed by atoms with E-state index >= 15 is 0 Å².